The summed E-state index contributed by atoms with van der Waals surface area (Å²) in [6.45, 7) is 2.91. The molecule has 0 saturated heterocycles. The molecular weight excluding hydrogens is 212 g/mol. The summed E-state index contributed by atoms with van der Waals surface area (Å²) in [5.41, 5.74) is 0.890. The molecule has 0 saturated carbocycles. The Morgan fingerprint density at radius 2 is 1.93 bits per heavy atom. The lowest BCUT2D eigenvalue weighted by atomic mass is 10.1. The van der Waals surface area contributed by atoms with Crippen molar-refractivity contribution in [1.29, 1.82) is 0 Å². The van der Waals surface area contributed by atoms with E-state index in [9.17, 15) is 13.2 Å². The van der Waals surface area contributed by atoms with E-state index < -0.39 is 9.84 Å². The fraction of sp³-hybridized carbons (Fsp3) is 0.182. The molecule has 0 aromatic heterocycles. The van der Waals surface area contributed by atoms with Crippen molar-refractivity contribution < 1.29 is 13.2 Å². The number of carbonyl (C=O) groups excluding carboxylic acids is 1. The van der Waals surface area contributed by atoms with Gasteiger partial charge in [0, 0.05) is 10.5 Å². The van der Waals surface area contributed by atoms with Gasteiger partial charge in [0.25, 0.3) is 0 Å². The van der Waals surface area contributed by atoms with E-state index in [1.807, 2.05) is 0 Å². The van der Waals surface area contributed by atoms with Gasteiger partial charge in [-0.15, -0.1) is 0 Å². The highest BCUT2D eigenvalue weighted by Gasteiger charge is 2.30. The molecule has 0 radical (unpaired) electrons. The maximum atomic E-state index is 11.9. The number of ketones is 1. The molecule has 0 spiro atoms. The van der Waals surface area contributed by atoms with Gasteiger partial charge in [0.2, 0.25) is 9.84 Å². The Morgan fingerprint density at radius 1 is 1.27 bits per heavy atom. The van der Waals surface area contributed by atoms with E-state index in [-0.39, 0.29) is 16.2 Å². The summed E-state index contributed by atoms with van der Waals surface area (Å²) in [4.78, 5) is 11.8. The van der Waals surface area contributed by atoms with Gasteiger partial charge in [-0.25, -0.2) is 8.42 Å². The smallest absolute Gasteiger partial charge is 0.203 e. The van der Waals surface area contributed by atoms with Crippen LogP contribution in [0.1, 0.15) is 29.8 Å². The van der Waals surface area contributed by atoms with Crippen LogP contribution in [0.15, 0.2) is 28.0 Å². The normalized spacial score (nSPS) is 17.1. The van der Waals surface area contributed by atoms with Crippen molar-refractivity contribution in [2.75, 3.05) is 0 Å². The predicted molar refractivity (Wildman–Crippen MR) is 57.3 cm³/mol. The fourth-order valence-corrected chi connectivity index (χ4v) is 3.25. The molecule has 4 heteroatoms. The number of hydrogen-bond donors (Lipinski definition) is 0. The number of hydrogen-bond acceptors (Lipinski definition) is 3. The highest BCUT2D eigenvalue weighted by atomic mass is 32.2. The van der Waals surface area contributed by atoms with Gasteiger partial charge in [-0.05, 0) is 25.5 Å². The Labute approximate surface area is 88.3 Å². The van der Waals surface area contributed by atoms with E-state index in [2.05, 4.69) is 0 Å². The number of Topliss-reactive ketones (excluding diaryl/α,β-unsaturated/α-hetero) is 1. The summed E-state index contributed by atoms with van der Waals surface area (Å²) in [5, 5.41) is 0. The molecule has 0 N–H and O–H groups in total. The minimum atomic E-state index is -3.42. The van der Waals surface area contributed by atoms with E-state index in [4.69, 9.17) is 0 Å². The standard InChI is InChI=1S/C11H10O3S/c1-7-6-9-4-3-5-10(8(2)12)11(9)15(7,13)14/h3-6H,1-2H3. The van der Waals surface area contributed by atoms with Gasteiger partial charge >= 0.3 is 0 Å². The summed E-state index contributed by atoms with van der Waals surface area (Å²) in [5.74, 6) is -0.224. The molecule has 2 rings (SSSR count). The van der Waals surface area contributed by atoms with Crippen LogP contribution in [0.4, 0.5) is 0 Å². The van der Waals surface area contributed by atoms with Gasteiger partial charge in [-0.1, -0.05) is 18.2 Å². The molecule has 15 heavy (non-hydrogen) atoms. The Morgan fingerprint density at radius 3 is 2.53 bits per heavy atom. The molecule has 3 nitrogen and oxygen atoms in total. The molecule has 0 atom stereocenters. The van der Waals surface area contributed by atoms with Crippen molar-refractivity contribution in [3.63, 3.8) is 0 Å². The topological polar surface area (TPSA) is 51.2 Å². The monoisotopic (exact) mass is 222 g/mol. The van der Waals surface area contributed by atoms with Crippen LogP contribution in [0.25, 0.3) is 6.08 Å². The summed E-state index contributed by atoms with van der Waals surface area (Å²) in [7, 11) is -3.42. The zero-order valence-electron chi connectivity index (χ0n) is 8.44. The first-order valence-electron chi connectivity index (χ1n) is 4.52. The first-order chi connectivity index (χ1) is 6.94. The van der Waals surface area contributed by atoms with Crippen molar-refractivity contribution >= 4 is 21.7 Å². The summed E-state index contributed by atoms with van der Waals surface area (Å²) < 4.78 is 23.8. The molecular formula is C11H10O3S. The van der Waals surface area contributed by atoms with Crippen LogP contribution in [0, 0.1) is 0 Å². The summed E-state index contributed by atoms with van der Waals surface area (Å²) >= 11 is 0. The Hall–Kier alpha value is -1.42. The van der Waals surface area contributed by atoms with Gasteiger partial charge in [0.15, 0.2) is 5.78 Å². The quantitative estimate of drug-likeness (QED) is 0.683. The molecule has 1 heterocycles. The third kappa shape index (κ3) is 1.33. The second-order valence-corrected chi connectivity index (χ2v) is 5.60. The van der Waals surface area contributed by atoms with Crippen LogP contribution in [0.5, 0.6) is 0 Å². The van der Waals surface area contributed by atoms with Gasteiger partial charge in [0.1, 0.15) is 0 Å². The average Bonchev–Trinajstić information content (AvgIpc) is 2.38. The second-order valence-electron chi connectivity index (χ2n) is 3.54. The Bertz CT molecular complexity index is 580. The van der Waals surface area contributed by atoms with E-state index in [0.29, 0.717) is 10.5 Å². The maximum Gasteiger partial charge on any atom is 0.203 e. The third-order valence-corrected chi connectivity index (χ3v) is 4.43. The molecule has 0 aliphatic carbocycles. The maximum absolute atomic E-state index is 11.9. The van der Waals surface area contributed by atoms with Crippen LogP contribution in [-0.2, 0) is 9.84 Å². The Kier molecular flexibility index (Phi) is 2.04. The molecule has 78 valence electrons. The van der Waals surface area contributed by atoms with Gasteiger partial charge in [0.05, 0.1) is 4.90 Å². The molecule has 1 aromatic rings. The lowest BCUT2D eigenvalue weighted by Gasteiger charge is -2.04. The fourth-order valence-electron chi connectivity index (χ4n) is 1.70. The molecule has 0 fully saturated rings. The van der Waals surface area contributed by atoms with Crippen LogP contribution in [-0.4, -0.2) is 14.2 Å². The van der Waals surface area contributed by atoms with E-state index >= 15 is 0 Å². The minimum absolute atomic E-state index is 0.162. The number of carbonyl (C=O) groups is 1. The van der Waals surface area contributed by atoms with Crippen LogP contribution in [0.2, 0.25) is 0 Å². The first-order valence-corrected chi connectivity index (χ1v) is 6.00. The highest BCUT2D eigenvalue weighted by Crippen LogP contribution is 2.34. The van der Waals surface area contributed by atoms with Crippen molar-refractivity contribution in [1.82, 2.24) is 0 Å². The molecule has 1 aliphatic rings. The van der Waals surface area contributed by atoms with Gasteiger partial charge in [-0.2, -0.15) is 0 Å². The number of fused-ring (bicyclic) bond motifs is 1. The van der Waals surface area contributed by atoms with Gasteiger partial charge < -0.3 is 0 Å². The Balaban J connectivity index is 2.85. The zero-order valence-corrected chi connectivity index (χ0v) is 9.26. The van der Waals surface area contributed by atoms with Gasteiger partial charge in [-0.3, -0.25) is 4.79 Å². The first kappa shape index (κ1) is 10.1. The van der Waals surface area contributed by atoms with Crippen molar-refractivity contribution in [3.8, 4) is 0 Å². The molecule has 0 amide bonds. The van der Waals surface area contributed by atoms with Crippen molar-refractivity contribution in [3.05, 3.63) is 34.2 Å². The minimum Gasteiger partial charge on any atom is -0.294 e. The number of allylic oxidation sites excluding steroid dienone is 1. The summed E-state index contributed by atoms with van der Waals surface area (Å²) in [6, 6.07) is 4.95. The summed E-state index contributed by atoms with van der Waals surface area (Å²) in [6.07, 6.45) is 1.59. The molecule has 0 unspecified atom stereocenters. The SMILES string of the molecule is CC(=O)c1cccc2c1S(=O)(=O)C(C)=C2. The highest BCUT2D eigenvalue weighted by molar-refractivity contribution is 7.95. The van der Waals surface area contributed by atoms with Crippen LogP contribution >= 0.6 is 0 Å². The third-order valence-electron chi connectivity index (χ3n) is 2.48. The number of sulfone groups is 1. The van der Waals surface area contributed by atoms with Crippen molar-refractivity contribution in [2.24, 2.45) is 0 Å². The lowest BCUT2D eigenvalue weighted by molar-refractivity contribution is 0.101. The van der Waals surface area contributed by atoms with Crippen molar-refractivity contribution in [2.45, 2.75) is 18.7 Å². The molecule has 1 aromatic carbocycles. The second kappa shape index (κ2) is 3.03. The van der Waals surface area contributed by atoms with E-state index in [1.165, 1.54) is 6.92 Å². The average molecular weight is 222 g/mol. The predicted octanol–water partition coefficient (Wildman–Crippen LogP) is 2.04. The van der Waals surface area contributed by atoms with Crippen LogP contribution < -0.4 is 0 Å². The van der Waals surface area contributed by atoms with E-state index in [1.54, 1.807) is 31.2 Å². The number of rotatable bonds is 1. The molecule has 0 bridgehead atoms. The molecule has 1 aliphatic heterocycles. The van der Waals surface area contributed by atoms with E-state index in [0.717, 1.165) is 0 Å². The lowest BCUT2D eigenvalue weighted by Crippen LogP contribution is -2.05. The zero-order chi connectivity index (χ0) is 11.2. The van der Waals surface area contributed by atoms with Crippen LogP contribution in [0.3, 0.4) is 0 Å². The largest absolute Gasteiger partial charge is 0.294 e. The number of benzene rings is 1.